The van der Waals surface area contributed by atoms with Gasteiger partial charge in [0, 0.05) is 26.2 Å². The predicted octanol–water partition coefficient (Wildman–Crippen LogP) is 2.92. The van der Waals surface area contributed by atoms with Gasteiger partial charge in [0.1, 0.15) is 17.5 Å². The fourth-order valence-corrected chi connectivity index (χ4v) is 5.95. The number of likely N-dealkylation sites (N-methyl/N-ethyl adjacent to an activating group) is 1. The molecule has 1 spiro atoms. The van der Waals surface area contributed by atoms with Crippen molar-refractivity contribution in [2.75, 3.05) is 18.9 Å². The summed E-state index contributed by atoms with van der Waals surface area (Å²) < 4.78 is 0. The van der Waals surface area contributed by atoms with Crippen LogP contribution in [0.2, 0.25) is 0 Å². The van der Waals surface area contributed by atoms with Gasteiger partial charge in [0.2, 0.25) is 17.7 Å². The third-order valence-electron chi connectivity index (χ3n) is 8.15. The lowest BCUT2D eigenvalue weighted by Crippen LogP contribution is -2.56. The van der Waals surface area contributed by atoms with Crippen LogP contribution in [0.15, 0.2) is 24.3 Å². The van der Waals surface area contributed by atoms with Crippen molar-refractivity contribution in [1.82, 2.24) is 15.1 Å². The number of carbonyl (C=O) groups excluding carboxylic acids is 4. The molecule has 0 bridgehead atoms. The van der Waals surface area contributed by atoms with E-state index in [4.69, 9.17) is 6.57 Å². The van der Waals surface area contributed by atoms with E-state index in [1.165, 1.54) is 16.7 Å². The van der Waals surface area contributed by atoms with E-state index in [2.05, 4.69) is 15.5 Å². The van der Waals surface area contributed by atoms with E-state index in [1.807, 2.05) is 38.1 Å². The molecule has 37 heavy (non-hydrogen) atoms. The van der Waals surface area contributed by atoms with Gasteiger partial charge >= 0.3 is 6.17 Å². The average molecular weight is 508 g/mol. The van der Waals surface area contributed by atoms with Gasteiger partial charge in [-0.15, -0.1) is 0 Å². The highest BCUT2D eigenvalue weighted by Gasteiger charge is 2.59. The second-order valence-corrected chi connectivity index (χ2v) is 11.2. The minimum absolute atomic E-state index is 0.0928. The molecule has 1 saturated heterocycles. The molecule has 1 aromatic rings. The Balaban J connectivity index is 1.60. The first-order valence-electron chi connectivity index (χ1n) is 13.2. The van der Waals surface area contributed by atoms with Crippen LogP contribution in [0, 0.1) is 18.4 Å². The zero-order valence-corrected chi connectivity index (χ0v) is 22.1. The number of hydrogen-bond donors (Lipinski definition) is 2. The maximum absolute atomic E-state index is 14.1. The van der Waals surface area contributed by atoms with Gasteiger partial charge in [-0.2, -0.15) is 0 Å². The maximum Gasteiger partial charge on any atom is 0.302 e. The van der Waals surface area contributed by atoms with E-state index < -0.39 is 23.7 Å². The topological polar surface area (TPSA) is 103 Å². The summed E-state index contributed by atoms with van der Waals surface area (Å²) in [7, 11) is 1.61. The molecule has 3 aliphatic rings. The largest absolute Gasteiger partial charge is 0.345 e. The SMILES string of the molecule is [C-]#[N+][C@@H]1C[C@@]2(CN1C(=O)[C@H](CC(C)C)N(C)C(=O)[C@H](CC1CCC1)NC(C)=O)C(=O)Nc1ccccc12. The van der Waals surface area contributed by atoms with Gasteiger partial charge in [0.05, 0.1) is 6.42 Å². The van der Waals surface area contributed by atoms with Crippen molar-refractivity contribution in [3.63, 3.8) is 0 Å². The van der Waals surface area contributed by atoms with E-state index in [0.717, 1.165) is 24.8 Å². The van der Waals surface area contributed by atoms with Crippen molar-refractivity contribution in [3.8, 4) is 0 Å². The second kappa shape index (κ2) is 10.5. The van der Waals surface area contributed by atoms with Gasteiger partial charge in [-0.05, 0) is 36.3 Å². The van der Waals surface area contributed by atoms with Crippen LogP contribution in [-0.4, -0.2) is 65.3 Å². The summed E-state index contributed by atoms with van der Waals surface area (Å²) >= 11 is 0. The fourth-order valence-electron chi connectivity index (χ4n) is 5.95. The normalized spacial score (nSPS) is 24.2. The van der Waals surface area contributed by atoms with E-state index in [0.29, 0.717) is 24.4 Å². The Kier molecular flexibility index (Phi) is 7.58. The third-order valence-corrected chi connectivity index (χ3v) is 8.15. The second-order valence-electron chi connectivity index (χ2n) is 11.2. The Hall–Kier alpha value is -3.41. The minimum Gasteiger partial charge on any atom is -0.345 e. The van der Waals surface area contributed by atoms with Crippen molar-refractivity contribution in [3.05, 3.63) is 41.2 Å². The average Bonchev–Trinajstić information content (AvgIpc) is 3.35. The van der Waals surface area contributed by atoms with Crippen LogP contribution in [0.3, 0.4) is 0 Å². The molecular formula is C28H37N5O4. The highest BCUT2D eigenvalue weighted by Crippen LogP contribution is 2.47. The number of nitrogens with one attached hydrogen (secondary N) is 2. The lowest BCUT2D eigenvalue weighted by atomic mass is 9.80. The fraction of sp³-hybridized carbons (Fsp3) is 0.607. The first-order chi connectivity index (χ1) is 17.6. The zero-order valence-electron chi connectivity index (χ0n) is 22.1. The standard InChI is InChI=1S/C28H37N5O4/c1-17(2)13-23(32(5)25(35)22(30-18(3)34)14-19-9-8-10-19)26(36)33-16-28(15-24(33)29-4)20-11-6-7-12-21(20)31-27(28)37/h6-7,11-12,17,19,22-24H,8-10,13-16H2,1-3,5H3,(H,30,34)(H,31,37)/t22-,23-,24-,28-/m0/s1. The van der Waals surface area contributed by atoms with Gasteiger partial charge < -0.3 is 15.5 Å². The summed E-state index contributed by atoms with van der Waals surface area (Å²) in [6, 6.07) is 5.92. The number of fused-ring (bicyclic) bond motifs is 2. The van der Waals surface area contributed by atoms with Crippen LogP contribution in [0.25, 0.3) is 4.85 Å². The van der Waals surface area contributed by atoms with Gasteiger partial charge in [-0.3, -0.25) is 28.9 Å². The lowest BCUT2D eigenvalue weighted by Gasteiger charge is -2.36. The molecule has 1 aromatic carbocycles. The summed E-state index contributed by atoms with van der Waals surface area (Å²) in [4.78, 5) is 59.4. The van der Waals surface area contributed by atoms with Crippen LogP contribution in [0.4, 0.5) is 5.69 Å². The van der Waals surface area contributed by atoms with E-state index in [1.54, 1.807) is 7.05 Å². The van der Waals surface area contributed by atoms with E-state index >= 15 is 0 Å². The molecule has 9 nitrogen and oxygen atoms in total. The molecule has 2 fully saturated rings. The van der Waals surface area contributed by atoms with Crippen molar-refractivity contribution < 1.29 is 19.2 Å². The van der Waals surface area contributed by atoms with E-state index in [9.17, 15) is 19.2 Å². The van der Waals surface area contributed by atoms with Gasteiger partial charge in [0.25, 0.3) is 5.91 Å². The molecule has 2 heterocycles. The summed E-state index contributed by atoms with van der Waals surface area (Å²) in [6.45, 7) is 13.3. The van der Waals surface area contributed by atoms with E-state index in [-0.39, 0.29) is 42.5 Å². The molecule has 9 heteroatoms. The maximum atomic E-state index is 14.1. The predicted molar refractivity (Wildman–Crippen MR) is 139 cm³/mol. The van der Waals surface area contributed by atoms with Crippen LogP contribution in [0.1, 0.15) is 64.9 Å². The lowest BCUT2D eigenvalue weighted by molar-refractivity contribution is -0.147. The molecule has 4 atom stereocenters. The number of benzene rings is 1. The highest BCUT2D eigenvalue weighted by molar-refractivity contribution is 6.07. The van der Waals surface area contributed by atoms with Crippen molar-refractivity contribution >= 4 is 29.3 Å². The number of para-hydroxylation sites is 1. The molecule has 1 aliphatic carbocycles. The van der Waals surface area contributed by atoms with Crippen LogP contribution < -0.4 is 10.6 Å². The summed E-state index contributed by atoms with van der Waals surface area (Å²) in [5, 5.41) is 5.71. The zero-order chi connectivity index (χ0) is 26.9. The number of carbonyl (C=O) groups is 4. The molecule has 0 aromatic heterocycles. The molecule has 0 radical (unpaired) electrons. The Morgan fingerprint density at radius 3 is 2.57 bits per heavy atom. The Morgan fingerprint density at radius 2 is 1.97 bits per heavy atom. The minimum atomic E-state index is -0.977. The Bertz CT molecular complexity index is 1120. The van der Waals surface area contributed by atoms with Crippen molar-refractivity contribution in [2.45, 2.75) is 83.0 Å². The molecule has 1 saturated carbocycles. The monoisotopic (exact) mass is 507 g/mol. The van der Waals surface area contributed by atoms with Crippen molar-refractivity contribution in [2.24, 2.45) is 11.8 Å². The number of amides is 4. The molecule has 2 N–H and O–H groups in total. The Morgan fingerprint density at radius 1 is 1.27 bits per heavy atom. The number of rotatable bonds is 8. The smallest absolute Gasteiger partial charge is 0.302 e. The molecule has 0 unspecified atom stereocenters. The molecule has 4 rings (SSSR count). The summed E-state index contributed by atoms with van der Waals surface area (Å²) in [5.74, 6) is -0.608. The number of anilines is 1. The number of nitrogens with zero attached hydrogens (tertiary/aromatic N) is 3. The van der Waals surface area contributed by atoms with Gasteiger partial charge in [0.15, 0.2) is 0 Å². The molecule has 198 valence electrons. The molecule has 2 aliphatic heterocycles. The number of hydrogen-bond acceptors (Lipinski definition) is 4. The third kappa shape index (κ3) is 5.07. The first-order valence-corrected chi connectivity index (χ1v) is 13.2. The number of likely N-dealkylation sites (tertiary alicyclic amines) is 1. The van der Waals surface area contributed by atoms with Crippen molar-refractivity contribution in [1.29, 1.82) is 0 Å². The quantitative estimate of drug-likeness (QED) is 0.528. The van der Waals surface area contributed by atoms with Crippen LogP contribution in [0.5, 0.6) is 0 Å². The van der Waals surface area contributed by atoms with Crippen LogP contribution in [-0.2, 0) is 24.6 Å². The first kappa shape index (κ1) is 26.6. The molecular weight excluding hydrogens is 470 g/mol. The van der Waals surface area contributed by atoms with Gasteiger partial charge in [-0.1, -0.05) is 51.3 Å². The summed E-state index contributed by atoms with van der Waals surface area (Å²) in [6.07, 6.45) is 3.58. The Labute approximate surface area is 218 Å². The van der Waals surface area contributed by atoms with Crippen LogP contribution >= 0.6 is 0 Å². The van der Waals surface area contributed by atoms with Gasteiger partial charge in [-0.25, -0.2) is 6.57 Å². The summed E-state index contributed by atoms with van der Waals surface area (Å²) in [5.41, 5.74) is 0.542. The molecule has 4 amide bonds. The highest BCUT2D eigenvalue weighted by atomic mass is 16.2.